The van der Waals surface area contributed by atoms with Crippen molar-refractivity contribution in [3.8, 4) is 0 Å². The zero-order chi connectivity index (χ0) is 12.3. The second-order valence-corrected chi connectivity index (χ2v) is 4.22. The first-order valence-electron chi connectivity index (χ1n) is 4.93. The van der Waals surface area contributed by atoms with Crippen molar-refractivity contribution in [3.05, 3.63) is 58.2 Å². The quantitative estimate of drug-likeness (QED) is 0.946. The van der Waals surface area contributed by atoms with Crippen LogP contribution in [0.25, 0.3) is 0 Å². The molecule has 0 bridgehead atoms. The van der Waals surface area contributed by atoms with E-state index in [2.05, 4.69) is 21.2 Å². The highest BCUT2D eigenvalue weighted by molar-refractivity contribution is 9.10. The van der Waals surface area contributed by atoms with Gasteiger partial charge in [0.25, 0.3) is 5.91 Å². The van der Waals surface area contributed by atoms with Crippen LogP contribution in [0, 0.1) is 5.82 Å². The number of rotatable bonds is 3. The average molecular weight is 298 g/mol. The standard InChI is InChI=1S/C12H9BrFNO2/c13-10-5-1-4-9(11(10)14)12(16)15-7-8-3-2-6-17-8/h1-6H,7H2,(H,15,16). The van der Waals surface area contributed by atoms with Gasteiger partial charge in [-0.1, -0.05) is 6.07 Å². The molecular formula is C12H9BrFNO2. The molecule has 88 valence electrons. The van der Waals surface area contributed by atoms with Crippen molar-refractivity contribution in [1.29, 1.82) is 0 Å². The fraction of sp³-hybridized carbons (Fsp3) is 0.0833. The van der Waals surface area contributed by atoms with E-state index in [9.17, 15) is 9.18 Å². The van der Waals surface area contributed by atoms with Crippen LogP contribution in [0.5, 0.6) is 0 Å². The Balaban J connectivity index is 2.07. The molecule has 0 saturated carbocycles. The summed E-state index contributed by atoms with van der Waals surface area (Å²) in [7, 11) is 0. The minimum Gasteiger partial charge on any atom is -0.467 e. The Morgan fingerprint density at radius 1 is 1.35 bits per heavy atom. The predicted molar refractivity (Wildman–Crippen MR) is 64.0 cm³/mol. The summed E-state index contributed by atoms with van der Waals surface area (Å²) in [6.45, 7) is 0.234. The maximum absolute atomic E-state index is 13.6. The molecule has 0 fully saturated rings. The Bertz CT molecular complexity index is 525. The van der Waals surface area contributed by atoms with Gasteiger partial charge in [0.2, 0.25) is 0 Å². The lowest BCUT2D eigenvalue weighted by molar-refractivity contribution is 0.0944. The van der Waals surface area contributed by atoms with Crippen LogP contribution in [-0.2, 0) is 6.54 Å². The first-order valence-corrected chi connectivity index (χ1v) is 5.72. The molecule has 0 radical (unpaired) electrons. The van der Waals surface area contributed by atoms with Gasteiger partial charge >= 0.3 is 0 Å². The topological polar surface area (TPSA) is 42.2 Å². The van der Waals surface area contributed by atoms with Crippen molar-refractivity contribution in [2.75, 3.05) is 0 Å². The molecule has 2 aromatic rings. The van der Waals surface area contributed by atoms with E-state index in [1.807, 2.05) is 0 Å². The van der Waals surface area contributed by atoms with Crippen LogP contribution in [0.4, 0.5) is 4.39 Å². The molecule has 0 aliphatic heterocycles. The molecule has 1 heterocycles. The van der Waals surface area contributed by atoms with Crippen LogP contribution in [0.1, 0.15) is 16.1 Å². The second-order valence-electron chi connectivity index (χ2n) is 3.36. The number of benzene rings is 1. The Morgan fingerprint density at radius 3 is 2.88 bits per heavy atom. The first-order chi connectivity index (χ1) is 8.18. The number of hydrogen-bond donors (Lipinski definition) is 1. The van der Waals surface area contributed by atoms with Crippen molar-refractivity contribution in [2.24, 2.45) is 0 Å². The first kappa shape index (κ1) is 11.9. The van der Waals surface area contributed by atoms with Crippen LogP contribution in [0.3, 0.4) is 0 Å². The summed E-state index contributed by atoms with van der Waals surface area (Å²) < 4.78 is 18.9. The molecule has 1 amide bonds. The number of furan rings is 1. The van der Waals surface area contributed by atoms with E-state index < -0.39 is 11.7 Å². The maximum atomic E-state index is 13.6. The van der Waals surface area contributed by atoms with Crippen molar-refractivity contribution in [2.45, 2.75) is 6.54 Å². The monoisotopic (exact) mass is 297 g/mol. The summed E-state index contributed by atoms with van der Waals surface area (Å²) in [5.41, 5.74) is 0.00549. The third-order valence-corrected chi connectivity index (χ3v) is 2.81. The van der Waals surface area contributed by atoms with Crippen LogP contribution >= 0.6 is 15.9 Å². The molecule has 17 heavy (non-hydrogen) atoms. The number of halogens is 2. The Hall–Kier alpha value is -1.62. The smallest absolute Gasteiger partial charge is 0.254 e. The van der Waals surface area contributed by atoms with Crippen molar-refractivity contribution in [3.63, 3.8) is 0 Å². The SMILES string of the molecule is O=C(NCc1ccco1)c1cccc(Br)c1F. The molecule has 1 N–H and O–H groups in total. The Labute approximate surface area is 106 Å². The van der Waals surface area contributed by atoms with E-state index in [1.54, 1.807) is 24.3 Å². The summed E-state index contributed by atoms with van der Waals surface area (Å²) >= 11 is 3.03. The van der Waals surface area contributed by atoms with Crippen LogP contribution in [0.15, 0.2) is 45.5 Å². The molecule has 0 spiro atoms. The number of amides is 1. The molecule has 5 heteroatoms. The fourth-order valence-corrected chi connectivity index (χ4v) is 1.72. The number of carbonyl (C=O) groups excluding carboxylic acids is 1. The zero-order valence-corrected chi connectivity index (χ0v) is 10.3. The molecule has 2 rings (SSSR count). The molecule has 0 saturated heterocycles. The average Bonchev–Trinajstić information content (AvgIpc) is 2.82. The highest BCUT2D eigenvalue weighted by Crippen LogP contribution is 2.18. The molecule has 3 nitrogen and oxygen atoms in total. The summed E-state index contributed by atoms with van der Waals surface area (Å²) in [4.78, 5) is 11.7. The maximum Gasteiger partial charge on any atom is 0.254 e. The lowest BCUT2D eigenvalue weighted by Crippen LogP contribution is -2.23. The summed E-state index contributed by atoms with van der Waals surface area (Å²) in [5.74, 6) is -0.418. The van der Waals surface area contributed by atoms with E-state index in [0.717, 1.165) is 0 Å². The summed E-state index contributed by atoms with van der Waals surface area (Å²) in [6.07, 6.45) is 1.52. The van der Waals surface area contributed by atoms with Gasteiger partial charge in [0, 0.05) is 0 Å². The van der Waals surface area contributed by atoms with Crippen LogP contribution in [0.2, 0.25) is 0 Å². The highest BCUT2D eigenvalue weighted by Gasteiger charge is 2.13. The van der Waals surface area contributed by atoms with Crippen molar-refractivity contribution >= 4 is 21.8 Å². The van der Waals surface area contributed by atoms with Crippen molar-refractivity contribution < 1.29 is 13.6 Å². The van der Waals surface area contributed by atoms with Gasteiger partial charge in [-0.25, -0.2) is 4.39 Å². The molecule has 0 unspecified atom stereocenters. The molecule has 1 aromatic heterocycles. The van der Waals surface area contributed by atoms with Gasteiger partial charge in [-0.05, 0) is 40.2 Å². The highest BCUT2D eigenvalue weighted by atomic mass is 79.9. The fourth-order valence-electron chi connectivity index (χ4n) is 1.35. The normalized spacial score (nSPS) is 10.2. The minimum absolute atomic E-state index is 0.00549. The van der Waals surface area contributed by atoms with Gasteiger partial charge in [0.1, 0.15) is 11.6 Å². The van der Waals surface area contributed by atoms with Gasteiger partial charge in [-0.15, -0.1) is 0 Å². The number of carbonyl (C=O) groups is 1. The Morgan fingerprint density at radius 2 is 2.18 bits per heavy atom. The number of nitrogens with one attached hydrogen (secondary N) is 1. The number of hydrogen-bond acceptors (Lipinski definition) is 2. The third kappa shape index (κ3) is 2.74. The summed E-state index contributed by atoms with van der Waals surface area (Å²) in [5, 5.41) is 2.58. The lowest BCUT2D eigenvalue weighted by Gasteiger charge is -2.05. The minimum atomic E-state index is -0.565. The second kappa shape index (κ2) is 5.14. The lowest BCUT2D eigenvalue weighted by atomic mass is 10.2. The van der Waals surface area contributed by atoms with E-state index in [4.69, 9.17) is 4.42 Å². The van der Waals surface area contributed by atoms with E-state index >= 15 is 0 Å². The van der Waals surface area contributed by atoms with E-state index in [1.165, 1.54) is 12.3 Å². The predicted octanol–water partition coefficient (Wildman–Crippen LogP) is 3.11. The van der Waals surface area contributed by atoms with E-state index in [-0.39, 0.29) is 16.6 Å². The Kier molecular flexibility index (Phi) is 3.58. The van der Waals surface area contributed by atoms with Crippen molar-refractivity contribution in [1.82, 2.24) is 5.32 Å². The molecule has 1 aromatic carbocycles. The largest absolute Gasteiger partial charge is 0.467 e. The zero-order valence-electron chi connectivity index (χ0n) is 8.74. The van der Waals surface area contributed by atoms with Gasteiger partial charge < -0.3 is 9.73 Å². The molecule has 0 aliphatic rings. The van der Waals surface area contributed by atoms with Gasteiger partial charge in [-0.3, -0.25) is 4.79 Å². The molecule has 0 atom stereocenters. The van der Waals surface area contributed by atoms with Gasteiger partial charge in [0.05, 0.1) is 22.8 Å². The van der Waals surface area contributed by atoms with Crippen LogP contribution in [-0.4, -0.2) is 5.91 Å². The van der Waals surface area contributed by atoms with Gasteiger partial charge in [-0.2, -0.15) is 0 Å². The van der Waals surface area contributed by atoms with E-state index in [0.29, 0.717) is 5.76 Å². The van der Waals surface area contributed by atoms with Gasteiger partial charge in [0.15, 0.2) is 0 Å². The van der Waals surface area contributed by atoms with Crippen LogP contribution < -0.4 is 5.32 Å². The molecule has 0 aliphatic carbocycles. The molecular weight excluding hydrogens is 289 g/mol. The third-order valence-electron chi connectivity index (χ3n) is 2.20. The summed E-state index contributed by atoms with van der Waals surface area (Å²) in [6, 6.07) is 8.03.